The first-order chi connectivity index (χ1) is 10.3. The summed E-state index contributed by atoms with van der Waals surface area (Å²) in [4.78, 5) is 35.6. The van der Waals surface area contributed by atoms with Crippen LogP contribution < -0.4 is 9.64 Å². The lowest BCUT2D eigenvalue weighted by molar-refractivity contribution is -0.384. The molecular formula is C15H18N2O5. The van der Waals surface area contributed by atoms with E-state index in [1.165, 1.54) is 30.0 Å². The topological polar surface area (TPSA) is 89.8 Å². The average Bonchev–Trinajstić information content (AvgIpc) is 2.44. The molecule has 22 heavy (non-hydrogen) atoms. The number of anilines is 1. The first-order valence-electron chi connectivity index (χ1n) is 7.07. The van der Waals surface area contributed by atoms with Gasteiger partial charge in [-0.25, -0.2) is 0 Å². The molecule has 1 aliphatic heterocycles. The van der Waals surface area contributed by atoms with Crippen molar-refractivity contribution in [3.05, 3.63) is 28.3 Å². The molecule has 0 aliphatic carbocycles. The molecule has 7 nitrogen and oxygen atoms in total. The Morgan fingerprint density at radius 2 is 2.14 bits per heavy atom. The van der Waals surface area contributed by atoms with Crippen LogP contribution in [0.15, 0.2) is 18.2 Å². The second-order valence-corrected chi connectivity index (χ2v) is 5.63. The monoisotopic (exact) mass is 306 g/mol. The van der Waals surface area contributed by atoms with Gasteiger partial charge in [-0.05, 0) is 18.9 Å². The van der Waals surface area contributed by atoms with Gasteiger partial charge in [0.2, 0.25) is 0 Å². The molecule has 0 saturated carbocycles. The number of ketones is 1. The molecule has 118 valence electrons. The number of nitrogens with zero attached hydrogens (tertiary/aromatic N) is 2. The standard InChI is InChI=1S/C15H18N2O5/c1-9(2)14-15(19)16(7-6-10(3)18)12-8-11(17(20)21)4-5-13(12)22-14/h4-5,8-9,14H,6-7H2,1-3H3. The van der Waals surface area contributed by atoms with Crippen molar-refractivity contribution in [2.24, 2.45) is 5.92 Å². The summed E-state index contributed by atoms with van der Waals surface area (Å²) >= 11 is 0. The van der Waals surface area contributed by atoms with E-state index in [1.54, 1.807) is 0 Å². The van der Waals surface area contributed by atoms with Crippen LogP contribution in [0.5, 0.6) is 5.75 Å². The molecule has 1 aromatic carbocycles. The SMILES string of the molecule is CC(=O)CCN1C(=O)C(C(C)C)Oc2ccc([N+](=O)[O-])cc21. The molecule has 7 heteroatoms. The Balaban J connectivity index is 2.44. The minimum absolute atomic E-state index is 0.0457. The number of fused-ring (bicyclic) bond motifs is 1. The van der Waals surface area contributed by atoms with Crippen molar-refractivity contribution >= 4 is 23.1 Å². The van der Waals surface area contributed by atoms with E-state index in [4.69, 9.17) is 4.74 Å². The van der Waals surface area contributed by atoms with Crippen molar-refractivity contribution in [2.45, 2.75) is 33.3 Å². The molecule has 1 amide bonds. The van der Waals surface area contributed by atoms with Crippen molar-refractivity contribution in [1.29, 1.82) is 0 Å². The minimum atomic E-state index is -0.652. The molecule has 0 radical (unpaired) electrons. The predicted molar refractivity (Wildman–Crippen MR) is 80.0 cm³/mol. The summed E-state index contributed by atoms with van der Waals surface area (Å²) < 4.78 is 5.68. The Kier molecular flexibility index (Phi) is 4.44. The van der Waals surface area contributed by atoms with Crippen LogP contribution >= 0.6 is 0 Å². The zero-order valence-electron chi connectivity index (χ0n) is 12.7. The van der Waals surface area contributed by atoms with Gasteiger partial charge in [-0.1, -0.05) is 13.8 Å². The van der Waals surface area contributed by atoms with Gasteiger partial charge >= 0.3 is 0 Å². The van der Waals surface area contributed by atoms with Crippen LogP contribution in [0.3, 0.4) is 0 Å². The van der Waals surface area contributed by atoms with Gasteiger partial charge in [0.05, 0.1) is 10.6 Å². The lowest BCUT2D eigenvalue weighted by Crippen LogP contribution is -2.48. The van der Waals surface area contributed by atoms with E-state index in [-0.39, 0.29) is 36.3 Å². The number of Topliss-reactive ketones (excluding diaryl/α,β-unsaturated/α-hetero) is 1. The van der Waals surface area contributed by atoms with Crippen LogP contribution in [-0.4, -0.2) is 29.3 Å². The number of carbonyl (C=O) groups is 2. The number of ether oxygens (including phenoxy) is 1. The van der Waals surface area contributed by atoms with Gasteiger partial charge in [-0.15, -0.1) is 0 Å². The Bertz CT molecular complexity index is 626. The second-order valence-electron chi connectivity index (χ2n) is 5.63. The summed E-state index contributed by atoms with van der Waals surface area (Å²) in [6, 6.07) is 4.15. The highest BCUT2D eigenvalue weighted by molar-refractivity contribution is 6.01. The first kappa shape index (κ1) is 15.9. The fourth-order valence-corrected chi connectivity index (χ4v) is 2.31. The molecule has 0 saturated heterocycles. The molecule has 0 aromatic heterocycles. The van der Waals surface area contributed by atoms with Crippen molar-refractivity contribution < 1.29 is 19.2 Å². The highest BCUT2D eigenvalue weighted by Gasteiger charge is 2.37. The van der Waals surface area contributed by atoms with E-state index in [2.05, 4.69) is 0 Å². The minimum Gasteiger partial charge on any atom is -0.478 e. The van der Waals surface area contributed by atoms with Crippen LogP contribution in [0.4, 0.5) is 11.4 Å². The molecular weight excluding hydrogens is 288 g/mol. The summed E-state index contributed by atoms with van der Waals surface area (Å²) in [6.45, 7) is 5.36. The van der Waals surface area contributed by atoms with E-state index in [9.17, 15) is 19.7 Å². The summed E-state index contributed by atoms with van der Waals surface area (Å²) in [5.74, 6) is 0.0553. The number of hydrogen-bond acceptors (Lipinski definition) is 5. The number of hydrogen-bond donors (Lipinski definition) is 0. The van der Waals surface area contributed by atoms with E-state index in [0.29, 0.717) is 11.4 Å². The molecule has 1 aliphatic rings. The zero-order valence-corrected chi connectivity index (χ0v) is 12.7. The van der Waals surface area contributed by atoms with Gasteiger partial charge in [0, 0.05) is 25.1 Å². The van der Waals surface area contributed by atoms with Crippen LogP contribution in [0.2, 0.25) is 0 Å². The van der Waals surface area contributed by atoms with Crippen molar-refractivity contribution in [3.8, 4) is 5.75 Å². The number of non-ortho nitro benzene ring substituents is 1. The summed E-state index contributed by atoms with van der Waals surface area (Å²) in [6.07, 6.45) is -0.459. The van der Waals surface area contributed by atoms with Crippen molar-refractivity contribution in [2.75, 3.05) is 11.4 Å². The number of rotatable bonds is 5. The Labute approximate surface area is 128 Å². The first-order valence-corrected chi connectivity index (χ1v) is 7.07. The van der Waals surface area contributed by atoms with Crippen molar-refractivity contribution in [1.82, 2.24) is 0 Å². The van der Waals surface area contributed by atoms with E-state index in [1.807, 2.05) is 13.8 Å². The van der Waals surface area contributed by atoms with Gasteiger partial charge in [-0.2, -0.15) is 0 Å². The van der Waals surface area contributed by atoms with E-state index >= 15 is 0 Å². The molecule has 0 N–H and O–H groups in total. The third kappa shape index (κ3) is 3.08. The number of benzene rings is 1. The summed E-state index contributed by atoms with van der Waals surface area (Å²) in [7, 11) is 0. The molecule has 1 aromatic rings. The number of carbonyl (C=O) groups excluding carboxylic acids is 2. The maximum absolute atomic E-state index is 12.5. The largest absolute Gasteiger partial charge is 0.478 e. The van der Waals surface area contributed by atoms with Crippen molar-refractivity contribution in [3.63, 3.8) is 0 Å². The molecule has 0 fully saturated rings. The highest BCUT2D eigenvalue weighted by atomic mass is 16.6. The highest BCUT2D eigenvalue weighted by Crippen LogP contribution is 2.38. The number of amides is 1. The zero-order chi connectivity index (χ0) is 16.4. The lowest BCUT2D eigenvalue weighted by Gasteiger charge is -2.35. The number of nitro groups is 1. The Morgan fingerprint density at radius 3 is 2.68 bits per heavy atom. The Morgan fingerprint density at radius 1 is 1.45 bits per heavy atom. The van der Waals surface area contributed by atoms with E-state index in [0.717, 1.165) is 0 Å². The van der Waals surface area contributed by atoms with Crippen LogP contribution in [0.1, 0.15) is 27.2 Å². The maximum Gasteiger partial charge on any atom is 0.271 e. The predicted octanol–water partition coefficient (Wildman–Crippen LogP) is 2.32. The molecule has 1 atom stereocenters. The molecule has 2 rings (SSSR count). The third-order valence-corrected chi connectivity index (χ3v) is 3.50. The average molecular weight is 306 g/mol. The van der Waals surface area contributed by atoms with Crippen LogP contribution in [0.25, 0.3) is 0 Å². The second kappa shape index (κ2) is 6.13. The van der Waals surface area contributed by atoms with Gasteiger partial charge < -0.3 is 9.64 Å². The quantitative estimate of drug-likeness (QED) is 0.615. The maximum atomic E-state index is 12.5. The fraction of sp³-hybridized carbons (Fsp3) is 0.467. The molecule has 1 unspecified atom stereocenters. The normalized spacial score (nSPS) is 17.2. The molecule has 0 bridgehead atoms. The smallest absolute Gasteiger partial charge is 0.271 e. The molecule has 1 heterocycles. The molecule has 0 spiro atoms. The van der Waals surface area contributed by atoms with E-state index < -0.39 is 11.0 Å². The van der Waals surface area contributed by atoms with Gasteiger partial charge in [0.1, 0.15) is 11.5 Å². The summed E-state index contributed by atoms with van der Waals surface area (Å²) in [5, 5.41) is 10.9. The van der Waals surface area contributed by atoms with Gasteiger partial charge in [0.25, 0.3) is 11.6 Å². The van der Waals surface area contributed by atoms with Crippen LogP contribution in [-0.2, 0) is 9.59 Å². The summed E-state index contributed by atoms with van der Waals surface area (Å²) in [5.41, 5.74) is 0.225. The Hall–Kier alpha value is -2.44. The van der Waals surface area contributed by atoms with Gasteiger partial charge in [-0.3, -0.25) is 19.7 Å². The third-order valence-electron chi connectivity index (χ3n) is 3.50. The lowest BCUT2D eigenvalue weighted by atomic mass is 10.0. The van der Waals surface area contributed by atoms with Crippen LogP contribution in [0, 0.1) is 16.0 Å². The fourth-order valence-electron chi connectivity index (χ4n) is 2.31. The number of nitro benzene ring substituents is 1. The van der Waals surface area contributed by atoms with Gasteiger partial charge in [0.15, 0.2) is 6.10 Å².